The fourth-order valence-corrected chi connectivity index (χ4v) is 7.45. The van der Waals surface area contributed by atoms with Gasteiger partial charge in [-0.05, 0) is 46.9 Å². The fourth-order valence-electron chi connectivity index (χ4n) is 5.98. The maximum absolute atomic E-state index is 15.4. The molecule has 0 aromatic heterocycles. The number of benzene rings is 4. The summed E-state index contributed by atoms with van der Waals surface area (Å²) >= 11 is 0. The van der Waals surface area contributed by atoms with Crippen LogP contribution in [0.4, 0.5) is 50.9 Å². The Labute approximate surface area is 315 Å². The lowest BCUT2D eigenvalue weighted by Crippen LogP contribution is -2.44. The van der Waals surface area contributed by atoms with Gasteiger partial charge in [-0.1, -0.05) is 39.0 Å². The van der Waals surface area contributed by atoms with Crippen molar-refractivity contribution in [2.75, 3.05) is 30.4 Å². The van der Waals surface area contributed by atoms with Crippen LogP contribution in [0.5, 0.6) is 0 Å². The first kappa shape index (κ1) is 42.1. The number of carboxylic acid groups (broad SMARTS) is 1. The summed E-state index contributed by atoms with van der Waals surface area (Å²) in [5.41, 5.74) is -0.990. The van der Waals surface area contributed by atoms with Gasteiger partial charge in [-0.3, -0.25) is 4.79 Å². The molecule has 0 radical (unpaired) electrons. The largest absolute Gasteiger partial charge is 0.478 e. The zero-order valence-electron chi connectivity index (χ0n) is 30.4. The summed E-state index contributed by atoms with van der Waals surface area (Å²) in [6.07, 6.45) is 1.70. The van der Waals surface area contributed by atoms with E-state index in [0.717, 1.165) is 34.9 Å². The van der Waals surface area contributed by atoms with Gasteiger partial charge in [0.25, 0.3) is 0 Å². The second kappa shape index (κ2) is 15.4. The monoisotopic (exact) mass is 815 g/mol. The Morgan fingerprint density at radius 3 is 1.79 bits per heavy atom. The molecule has 0 spiro atoms. The molecule has 18 heteroatoms. The first-order valence-electron chi connectivity index (χ1n) is 16.8. The van der Waals surface area contributed by atoms with Crippen molar-refractivity contribution in [2.24, 2.45) is 0 Å². The van der Waals surface area contributed by atoms with Crippen LogP contribution >= 0.6 is 0 Å². The van der Waals surface area contributed by atoms with Crippen molar-refractivity contribution in [1.29, 1.82) is 0 Å². The summed E-state index contributed by atoms with van der Waals surface area (Å²) in [5.74, 6) is -23.0. The second-order valence-electron chi connectivity index (χ2n) is 14.5. The highest BCUT2D eigenvalue weighted by Crippen LogP contribution is 2.42. The molecule has 0 unspecified atom stereocenters. The van der Waals surface area contributed by atoms with Crippen molar-refractivity contribution < 1.29 is 62.6 Å². The number of hydrogen-bond donors (Lipinski definition) is 1. The van der Waals surface area contributed by atoms with E-state index in [9.17, 15) is 49.5 Å². The molecule has 56 heavy (non-hydrogen) atoms. The van der Waals surface area contributed by atoms with Crippen LogP contribution in [0.3, 0.4) is 0 Å². The van der Waals surface area contributed by atoms with Gasteiger partial charge < -0.3 is 14.9 Å². The van der Waals surface area contributed by atoms with E-state index in [-0.39, 0.29) is 33.7 Å². The maximum atomic E-state index is 15.4. The fraction of sp³-hybridized carbons (Fsp3) is 0.316. The summed E-state index contributed by atoms with van der Waals surface area (Å²) < 4.78 is 160. The molecule has 1 aliphatic carbocycles. The Bertz CT molecular complexity index is 2310. The van der Waals surface area contributed by atoms with Gasteiger partial charge >= 0.3 is 5.97 Å². The number of sulfonamides is 1. The molecule has 0 saturated heterocycles. The maximum Gasteiger partial charge on any atom is 0.338 e. The van der Waals surface area contributed by atoms with E-state index < -0.39 is 115 Å². The topological polar surface area (TPSA) is 98.2 Å². The van der Waals surface area contributed by atoms with Crippen molar-refractivity contribution in [3.63, 3.8) is 0 Å². The van der Waals surface area contributed by atoms with Gasteiger partial charge in [0, 0.05) is 44.4 Å². The van der Waals surface area contributed by atoms with Crippen LogP contribution in [0, 0.1) is 52.4 Å². The Morgan fingerprint density at radius 2 is 1.29 bits per heavy atom. The molecule has 0 heterocycles. The molecule has 0 atom stereocenters. The summed E-state index contributed by atoms with van der Waals surface area (Å²) in [6.45, 7) is 1.91. The van der Waals surface area contributed by atoms with E-state index in [2.05, 4.69) is 0 Å². The van der Waals surface area contributed by atoms with E-state index in [1.54, 1.807) is 12.1 Å². The first-order valence-corrected chi connectivity index (χ1v) is 18.2. The van der Waals surface area contributed by atoms with Crippen LogP contribution in [0.15, 0.2) is 47.4 Å². The van der Waals surface area contributed by atoms with Gasteiger partial charge in [-0.25, -0.2) is 52.7 Å². The number of aromatic carboxylic acids is 1. The highest BCUT2D eigenvalue weighted by atomic mass is 32.2. The van der Waals surface area contributed by atoms with Crippen LogP contribution in [-0.4, -0.2) is 50.3 Å². The molecule has 1 saturated carbocycles. The molecule has 300 valence electrons. The third kappa shape index (κ3) is 8.35. The number of carbonyl (C=O) groups excluding carboxylic acids is 1. The van der Waals surface area contributed by atoms with E-state index >= 15 is 13.2 Å². The van der Waals surface area contributed by atoms with Crippen molar-refractivity contribution in [3.05, 3.63) is 123 Å². The molecular formula is C38H34F9N3O5S. The number of halogens is 9. The Morgan fingerprint density at radius 1 is 0.732 bits per heavy atom. The third-order valence-corrected chi connectivity index (χ3v) is 11.0. The molecule has 4 aromatic carbocycles. The Hall–Kier alpha value is -5.10. The SMILES string of the molecule is CN(C)c1cc(C(=O)O)c(F)cc1N(Cc1cc(C2CC2)cc(C(C)(C)C)c1)C(=O)CN(Cc1c(F)cc(F)cc1F)S(=O)(=O)c1c(F)c(F)c(F)c(F)c1F. The lowest BCUT2D eigenvalue weighted by atomic mass is 9.84. The predicted molar refractivity (Wildman–Crippen MR) is 186 cm³/mol. The number of anilines is 2. The lowest BCUT2D eigenvalue weighted by Gasteiger charge is -2.31. The number of amides is 1. The minimum atomic E-state index is -6.14. The third-order valence-electron chi connectivity index (χ3n) is 9.16. The van der Waals surface area contributed by atoms with E-state index in [1.807, 2.05) is 26.8 Å². The van der Waals surface area contributed by atoms with Crippen molar-refractivity contribution in [3.8, 4) is 0 Å². The molecule has 1 N–H and O–H groups in total. The predicted octanol–water partition coefficient (Wildman–Crippen LogP) is 8.30. The lowest BCUT2D eigenvalue weighted by molar-refractivity contribution is -0.119. The summed E-state index contributed by atoms with van der Waals surface area (Å²) in [5, 5.41) is 9.63. The van der Waals surface area contributed by atoms with Crippen LogP contribution in [0.2, 0.25) is 0 Å². The van der Waals surface area contributed by atoms with Crippen molar-refractivity contribution in [1.82, 2.24) is 4.31 Å². The van der Waals surface area contributed by atoms with Gasteiger partial charge in [0.1, 0.15) is 23.3 Å². The van der Waals surface area contributed by atoms with Crippen LogP contribution in [-0.2, 0) is 33.3 Å². The summed E-state index contributed by atoms with van der Waals surface area (Å²) in [6, 6.07) is 7.17. The van der Waals surface area contributed by atoms with E-state index in [1.165, 1.54) is 19.0 Å². The van der Waals surface area contributed by atoms with Crippen LogP contribution < -0.4 is 9.80 Å². The molecule has 1 amide bonds. The van der Waals surface area contributed by atoms with E-state index in [0.29, 0.717) is 11.6 Å². The average molecular weight is 816 g/mol. The molecule has 5 rings (SSSR count). The van der Waals surface area contributed by atoms with Crippen LogP contribution in [0.1, 0.15) is 72.1 Å². The zero-order valence-corrected chi connectivity index (χ0v) is 31.2. The number of rotatable bonds is 12. The number of carboxylic acids is 1. The zero-order chi connectivity index (χ0) is 41.8. The molecule has 8 nitrogen and oxygen atoms in total. The molecule has 1 fully saturated rings. The quantitative estimate of drug-likeness (QED) is 0.0879. The summed E-state index contributed by atoms with van der Waals surface area (Å²) in [7, 11) is -3.34. The van der Waals surface area contributed by atoms with E-state index in [4.69, 9.17) is 0 Å². The smallest absolute Gasteiger partial charge is 0.338 e. The molecule has 0 bridgehead atoms. The molecule has 1 aliphatic rings. The molecule has 4 aromatic rings. The minimum absolute atomic E-state index is 0.115. The van der Waals surface area contributed by atoms with Crippen LogP contribution in [0.25, 0.3) is 0 Å². The van der Waals surface area contributed by atoms with Crippen molar-refractivity contribution >= 4 is 33.3 Å². The minimum Gasteiger partial charge on any atom is -0.478 e. The highest BCUT2D eigenvalue weighted by molar-refractivity contribution is 7.89. The number of nitrogens with zero attached hydrogens (tertiary/aromatic N) is 3. The Kier molecular flexibility index (Phi) is 11.6. The molecule has 0 aliphatic heterocycles. The Balaban J connectivity index is 1.74. The summed E-state index contributed by atoms with van der Waals surface area (Å²) in [4.78, 5) is 26.0. The number of carbonyl (C=O) groups is 2. The van der Waals surface area contributed by atoms with Gasteiger partial charge in [-0.15, -0.1) is 0 Å². The standard InChI is InChI=1S/C38H34F9N3O5S/c1-38(2,3)21-9-18(8-20(10-21)19-6-7-19)15-50(29-14-27(42)23(37(52)53)13-28(29)48(4)5)30(51)17-49(16-24-25(40)11-22(39)12-26(24)41)56(54,55)36-34(46)32(44)31(43)33(45)35(36)47/h8-14,19H,6-7,15-17H2,1-5H3,(H,52,53). The van der Waals surface area contributed by atoms with Gasteiger partial charge in [0.2, 0.25) is 21.7 Å². The van der Waals surface area contributed by atoms with Gasteiger partial charge in [-0.2, -0.15) is 4.31 Å². The average Bonchev–Trinajstić information content (AvgIpc) is 3.95. The first-order chi connectivity index (χ1) is 25.9. The van der Waals surface area contributed by atoms with Gasteiger partial charge in [0.15, 0.2) is 28.2 Å². The second-order valence-corrected chi connectivity index (χ2v) is 16.4. The van der Waals surface area contributed by atoms with Crippen molar-refractivity contribution in [2.45, 2.75) is 62.9 Å². The molecular weight excluding hydrogens is 781 g/mol. The highest BCUT2D eigenvalue weighted by Gasteiger charge is 2.40. The normalized spacial score (nSPS) is 13.3. The van der Waals surface area contributed by atoms with Gasteiger partial charge in [0.05, 0.1) is 30.0 Å². The number of hydrogen-bond acceptors (Lipinski definition) is 5.